The number of rotatable bonds is 4. The lowest BCUT2D eigenvalue weighted by Crippen LogP contribution is -2.14. The molecule has 88 valence electrons. The zero-order valence-electron chi connectivity index (χ0n) is 8.98. The minimum absolute atomic E-state index is 0.00946. The van der Waals surface area contributed by atoms with Gasteiger partial charge in [0.05, 0.1) is 0 Å². The van der Waals surface area contributed by atoms with Gasteiger partial charge in [-0.15, -0.1) is 5.10 Å². The second-order valence-corrected chi connectivity index (χ2v) is 3.32. The maximum atomic E-state index is 11.4. The lowest BCUT2D eigenvalue weighted by atomic mass is 10.3. The van der Waals surface area contributed by atoms with Crippen molar-refractivity contribution in [3.05, 3.63) is 36.4 Å². The van der Waals surface area contributed by atoms with Gasteiger partial charge < -0.3 is 10.5 Å². The number of aromatic nitrogens is 4. The van der Waals surface area contributed by atoms with Gasteiger partial charge in [0.2, 0.25) is 5.95 Å². The number of esters is 1. The summed E-state index contributed by atoms with van der Waals surface area (Å²) in [7, 11) is 0. The van der Waals surface area contributed by atoms with Crippen LogP contribution in [0.2, 0.25) is 0 Å². The summed E-state index contributed by atoms with van der Waals surface area (Å²) < 4.78 is 6.35. The van der Waals surface area contributed by atoms with Crippen LogP contribution in [0.25, 0.3) is 0 Å². The van der Waals surface area contributed by atoms with Crippen LogP contribution < -0.4 is 5.73 Å². The van der Waals surface area contributed by atoms with Crippen molar-refractivity contribution in [1.82, 2.24) is 19.7 Å². The average molecular weight is 233 g/mol. The van der Waals surface area contributed by atoms with Crippen LogP contribution in [0.1, 0.15) is 5.56 Å². The number of hydrogen-bond acceptors (Lipinski definition) is 6. The minimum Gasteiger partial charge on any atom is -0.459 e. The number of carbonyl (C=O) groups excluding carboxylic acids is 1. The van der Waals surface area contributed by atoms with E-state index in [0.29, 0.717) is 0 Å². The van der Waals surface area contributed by atoms with Crippen molar-refractivity contribution in [2.75, 3.05) is 5.73 Å². The second-order valence-electron chi connectivity index (χ2n) is 3.32. The summed E-state index contributed by atoms with van der Waals surface area (Å²) in [6.45, 7) is 0.182. The number of nitrogen functional groups attached to an aromatic ring is 1. The molecule has 0 saturated carbocycles. The van der Waals surface area contributed by atoms with Gasteiger partial charge in [-0.05, 0) is 6.07 Å². The van der Waals surface area contributed by atoms with Crippen molar-refractivity contribution >= 4 is 11.9 Å². The van der Waals surface area contributed by atoms with Crippen LogP contribution in [0.5, 0.6) is 0 Å². The summed E-state index contributed by atoms with van der Waals surface area (Å²) in [5.41, 5.74) is 6.15. The SMILES string of the molecule is Nc1ncn(CC(=O)OCc2cccnc2)n1. The number of pyridine rings is 1. The van der Waals surface area contributed by atoms with Gasteiger partial charge in [-0.2, -0.15) is 0 Å². The molecule has 2 rings (SSSR count). The standard InChI is InChI=1S/C10H11N5O2/c11-10-13-7-15(14-10)5-9(16)17-6-8-2-1-3-12-4-8/h1-4,7H,5-6H2,(H2,11,14). The Bertz CT molecular complexity index is 496. The quantitative estimate of drug-likeness (QED) is 0.746. The van der Waals surface area contributed by atoms with Crippen molar-refractivity contribution in [1.29, 1.82) is 0 Å². The summed E-state index contributed by atoms with van der Waals surface area (Å²) in [5, 5.41) is 3.78. The first kappa shape index (κ1) is 11.1. The predicted octanol–water partition coefficient (Wildman–Crippen LogP) is -0.00130. The van der Waals surface area contributed by atoms with Crippen LogP contribution >= 0.6 is 0 Å². The highest BCUT2D eigenvalue weighted by Crippen LogP contribution is 1.99. The van der Waals surface area contributed by atoms with E-state index in [1.54, 1.807) is 18.5 Å². The van der Waals surface area contributed by atoms with E-state index in [1.807, 2.05) is 6.07 Å². The lowest BCUT2D eigenvalue weighted by Gasteiger charge is -2.03. The van der Waals surface area contributed by atoms with E-state index in [-0.39, 0.29) is 19.1 Å². The van der Waals surface area contributed by atoms with E-state index in [0.717, 1.165) is 5.56 Å². The highest BCUT2D eigenvalue weighted by Gasteiger charge is 2.06. The molecule has 7 heteroatoms. The van der Waals surface area contributed by atoms with Gasteiger partial charge in [0, 0.05) is 18.0 Å². The van der Waals surface area contributed by atoms with E-state index in [2.05, 4.69) is 15.1 Å². The second kappa shape index (κ2) is 5.06. The minimum atomic E-state index is -0.404. The van der Waals surface area contributed by atoms with Crippen LogP contribution in [-0.4, -0.2) is 25.7 Å². The molecule has 0 saturated heterocycles. The Kier molecular flexibility index (Phi) is 3.29. The maximum Gasteiger partial charge on any atom is 0.328 e. The third-order valence-corrected chi connectivity index (χ3v) is 1.97. The third kappa shape index (κ3) is 3.26. The van der Waals surface area contributed by atoms with Crippen LogP contribution in [0.15, 0.2) is 30.9 Å². The first-order chi connectivity index (χ1) is 8.24. The third-order valence-electron chi connectivity index (χ3n) is 1.97. The summed E-state index contributed by atoms with van der Waals surface area (Å²) in [6.07, 6.45) is 4.67. The number of carbonyl (C=O) groups is 1. The molecule has 7 nitrogen and oxygen atoms in total. The van der Waals surface area contributed by atoms with Crippen molar-refractivity contribution in [3.63, 3.8) is 0 Å². The van der Waals surface area contributed by atoms with Gasteiger partial charge in [-0.3, -0.25) is 9.78 Å². The number of nitrogens with zero attached hydrogens (tertiary/aromatic N) is 4. The molecular weight excluding hydrogens is 222 g/mol. The lowest BCUT2D eigenvalue weighted by molar-refractivity contribution is -0.145. The molecule has 0 bridgehead atoms. The Labute approximate surface area is 97.2 Å². The molecule has 0 aromatic carbocycles. The first-order valence-electron chi connectivity index (χ1n) is 4.93. The number of hydrogen-bond donors (Lipinski definition) is 1. The molecule has 0 amide bonds. The smallest absolute Gasteiger partial charge is 0.328 e. The summed E-state index contributed by atoms with van der Waals surface area (Å²) in [5.74, 6) is -0.274. The highest BCUT2D eigenvalue weighted by molar-refractivity contribution is 5.69. The molecule has 0 aliphatic carbocycles. The first-order valence-corrected chi connectivity index (χ1v) is 4.93. The topological polar surface area (TPSA) is 95.9 Å². The summed E-state index contributed by atoms with van der Waals surface area (Å²) in [4.78, 5) is 19.0. The van der Waals surface area contributed by atoms with Crippen molar-refractivity contribution in [2.45, 2.75) is 13.2 Å². The molecule has 2 aromatic heterocycles. The molecule has 2 aromatic rings. The molecule has 0 aliphatic rings. The molecule has 0 unspecified atom stereocenters. The fourth-order valence-corrected chi connectivity index (χ4v) is 1.21. The van der Waals surface area contributed by atoms with Gasteiger partial charge >= 0.3 is 5.97 Å². The Morgan fingerprint density at radius 2 is 2.41 bits per heavy atom. The zero-order chi connectivity index (χ0) is 12.1. The van der Waals surface area contributed by atoms with Crippen molar-refractivity contribution in [3.8, 4) is 0 Å². The summed E-state index contributed by atoms with van der Waals surface area (Å²) in [6, 6.07) is 3.61. The van der Waals surface area contributed by atoms with Crippen LogP contribution in [0, 0.1) is 0 Å². The average Bonchev–Trinajstić information content (AvgIpc) is 2.73. The maximum absolute atomic E-state index is 11.4. The van der Waals surface area contributed by atoms with Gasteiger partial charge in [-0.25, -0.2) is 9.67 Å². The van der Waals surface area contributed by atoms with Crippen LogP contribution in [0.4, 0.5) is 5.95 Å². The van der Waals surface area contributed by atoms with Gasteiger partial charge in [-0.1, -0.05) is 6.07 Å². The summed E-state index contributed by atoms with van der Waals surface area (Å²) >= 11 is 0. The van der Waals surface area contributed by atoms with Crippen LogP contribution in [-0.2, 0) is 22.7 Å². The Balaban J connectivity index is 1.82. The van der Waals surface area contributed by atoms with E-state index < -0.39 is 5.97 Å². The molecule has 0 radical (unpaired) electrons. The van der Waals surface area contributed by atoms with E-state index in [9.17, 15) is 4.79 Å². The number of anilines is 1. The molecule has 0 fully saturated rings. The Hall–Kier alpha value is -2.44. The largest absolute Gasteiger partial charge is 0.459 e. The van der Waals surface area contributed by atoms with E-state index in [4.69, 9.17) is 10.5 Å². The molecular formula is C10H11N5O2. The molecule has 17 heavy (non-hydrogen) atoms. The van der Waals surface area contributed by atoms with E-state index in [1.165, 1.54) is 11.0 Å². The van der Waals surface area contributed by atoms with Crippen LogP contribution in [0.3, 0.4) is 0 Å². The van der Waals surface area contributed by atoms with Crippen molar-refractivity contribution in [2.24, 2.45) is 0 Å². The molecule has 2 heterocycles. The molecule has 0 atom stereocenters. The van der Waals surface area contributed by atoms with Gasteiger partial charge in [0.15, 0.2) is 0 Å². The molecule has 2 N–H and O–H groups in total. The predicted molar refractivity (Wildman–Crippen MR) is 58.5 cm³/mol. The normalized spacial score (nSPS) is 10.1. The zero-order valence-corrected chi connectivity index (χ0v) is 8.98. The number of nitrogens with two attached hydrogens (primary N) is 1. The van der Waals surface area contributed by atoms with Gasteiger partial charge in [0.25, 0.3) is 0 Å². The fourth-order valence-electron chi connectivity index (χ4n) is 1.21. The van der Waals surface area contributed by atoms with E-state index >= 15 is 0 Å². The van der Waals surface area contributed by atoms with Gasteiger partial charge in [0.1, 0.15) is 19.5 Å². The number of ether oxygens (including phenoxy) is 1. The monoisotopic (exact) mass is 233 g/mol. The molecule has 0 aliphatic heterocycles. The molecule has 0 spiro atoms. The Morgan fingerprint density at radius 3 is 3.06 bits per heavy atom. The fraction of sp³-hybridized carbons (Fsp3) is 0.200. The highest BCUT2D eigenvalue weighted by atomic mass is 16.5. The van der Waals surface area contributed by atoms with Crippen molar-refractivity contribution < 1.29 is 9.53 Å². The Morgan fingerprint density at radius 1 is 1.53 bits per heavy atom.